The predicted octanol–water partition coefficient (Wildman–Crippen LogP) is 1.01. The fourth-order valence-corrected chi connectivity index (χ4v) is 1.83. The van der Waals surface area contributed by atoms with E-state index < -0.39 is 0 Å². The molecule has 2 aromatic rings. The second-order valence-electron chi connectivity index (χ2n) is 4.47. The van der Waals surface area contributed by atoms with E-state index in [9.17, 15) is 9.90 Å². The molecule has 0 saturated heterocycles. The Labute approximate surface area is 104 Å². The van der Waals surface area contributed by atoms with Crippen LogP contribution < -0.4 is 5.32 Å². The van der Waals surface area contributed by atoms with Crippen molar-refractivity contribution in [2.75, 3.05) is 0 Å². The van der Waals surface area contributed by atoms with Crippen LogP contribution in [-0.4, -0.2) is 27.0 Å². The summed E-state index contributed by atoms with van der Waals surface area (Å²) in [6.07, 6.45) is 5.33. The van der Waals surface area contributed by atoms with Crippen LogP contribution in [0.1, 0.15) is 28.9 Å². The zero-order chi connectivity index (χ0) is 12.5. The molecule has 5 heteroatoms. The van der Waals surface area contributed by atoms with Crippen molar-refractivity contribution in [3.63, 3.8) is 0 Å². The van der Waals surface area contributed by atoms with Gasteiger partial charge in [0.25, 0.3) is 5.91 Å². The molecule has 0 aromatic carbocycles. The lowest BCUT2D eigenvalue weighted by Gasteiger charge is -2.06. The first-order valence-electron chi connectivity index (χ1n) is 5.93. The third-order valence-corrected chi connectivity index (χ3v) is 2.99. The van der Waals surface area contributed by atoms with Crippen molar-refractivity contribution in [1.29, 1.82) is 0 Å². The summed E-state index contributed by atoms with van der Waals surface area (Å²) < 4.78 is 0. The van der Waals surface area contributed by atoms with Gasteiger partial charge in [-0.25, -0.2) is 4.98 Å². The Morgan fingerprint density at radius 2 is 2.22 bits per heavy atom. The minimum Gasteiger partial charge on any atom is -0.392 e. The van der Waals surface area contributed by atoms with Gasteiger partial charge in [0, 0.05) is 29.4 Å². The molecule has 0 spiro atoms. The smallest absolute Gasteiger partial charge is 0.270 e. The van der Waals surface area contributed by atoms with Crippen LogP contribution in [-0.2, 0) is 6.61 Å². The van der Waals surface area contributed by atoms with Gasteiger partial charge in [-0.1, -0.05) is 0 Å². The average molecular weight is 243 g/mol. The number of carbonyl (C=O) groups excluding carboxylic acids is 1. The number of aliphatic hydroxyl groups is 1. The third kappa shape index (κ3) is 2.04. The summed E-state index contributed by atoms with van der Waals surface area (Å²) >= 11 is 0. The van der Waals surface area contributed by atoms with Gasteiger partial charge in [0.1, 0.15) is 5.69 Å². The van der Waals surface area contributed by atoms with Crippen molar-refractivity contribution < 1.29 is 9.90 Å². The molecule has 0 aliphatic heterocycles. The molecule has 2 aromatic heterocycles. The Bertz CT molecular complexity index is 608. The minimum absolute atomic E-state index is 0.134. The number of hydrogen-bond acceptors (Lipinski definition) is 4. The molecule has 2 heterocycles. The second-order valence-corrected chi connectivity index (χ2v) is 4.47. The van der Waals surface area contributed by atoms with Crippen LogP contribution in [0.2, 0.25) is 0 Å². The molecule has 0 atom stereocenters. The van der Waals surface area contributed by atoms with Gasteiger partial charge in [0.2, 0.25) is 0 Å². The lowest BCUT2D eigenvalue weighted by Crippen LogP contribution is -2.26. The van der Waals surface area contributed by atoms with Crippen molar-refractivity contribution in [3.8, 4) is 0 Å². The monoisotopic (exact) mass is 243 g/mol. The lowest BCUT2D eigenvalue weighted by molar-refractivity contribution is 0.0946. The minimum atomic E-state index is -0.153. The average Bonchev–Trinajstić information content (AvgIpc) is 3.21. The fourth-order valence-electron chi connectivity index (χ4n) is 1.83. The van der Waals surface area contributed by atoms with Gasteiger partial charge in [0.15, 0.2) is 0 Å². The molecular formula is C13H13N3O2. The van der Waals surface area contributed by atoms with Gasteiger partial charge in [-0.05, 0) is 25.0 Å². The van der Waals surface area contributed by atoms with E-state index in [4.69, 9.17) is 0 Å². The summed E-state index contributed by atoms with van der Waals surface area (Å²) in [5.74, 6) is -0.153. The second kappa shape index (κ2) is 4.34. The SMILES string of the molecule is O=C(NC1CC1)c1ccc2cncc(CO)c2n1. The molecule has 1 amide bonds. The van der Waals surface area contributed by atoms with Gasteiger partial charge in [-0.3, -0.25) is 9.78 Å². The molecule has 1 fully saturated rings. The number of fused-ring (bicyclic) bond motifs is 1. The molecule has 0 bridgehead atoms. The Kier molecular flexibility index (Phi) is 2.68. The zero-order valence-electron chi connectivity index (χ0n) is 9.76. The highest BCUT2D eigenvalue weighted by atomic mass is 16.3. The number of aliphatic hydroxyl groups excluding tert-OH is 1. The van der Waals surface area contributed by atoms with E-state index in [0.29, 0.717) is 22.8 Å². The number of amides is 1. The fraction of sp³-hybridized carbons (Fsp3) is 0.308. The van der Waals surface area contributed by atoms with E-state index in [1.807, 2.05) is 0 Å². The summed E-state index contributed by atoms with van der Waals surface area (Å²) in [5.41, 5.74) is 1.65. The van der Waals surface area contributed by atoms with Gasteiger partial charge >= 0.3 is 0 Å². The highest BCUT2D eigenvalue weighted by Gasteiger charge is 2.24. The van der Waals surface area contributed by atoms with Crippen LogP contribution >= 0.6 is 0 Å². The molecule has 3 rings (SSSR count). The van der Waals surface area contributed by atoms with Crippen LogP contribution in [0.3, 0.4) is 0 Å². The lowest BCUT2D eigenvalue weighted by atomic mass is 10.1. The Hall–Kier alpha value is -2.01. The van der Waals surface area contributed by atoms with Gasteiger partial charge < -0.3 is 10.4 Å². The highest BCUT2D eigenvalue weighted by molar-refractivity contribution is 5.95. The largest absolute Gasteiger partial charge is 0.392 e. The molecular weight excluding hydrogens is 230 g/mol. The topological polar surface area (TPSA) is 75.1 Å². The number of pyridine rings is 2. The van der Waals surface area contributed by atoms with Gasteiger partial charge in [-0.15, -0.1) is 0 Å². The maximum Gasteiger partial charge on any atom is 0.270 e. The van der Waals surface area contributed by atoms with Crippen molar-refractivity contribution in [1.82, 2.24) is 15.3 Å². The molecule has 0 unspecified atom stereocenters. The highest BCUT2D eigenvalue weighted by Crippen LogP contribution is 2.20. The van der Waals surface area contributed by atoms with E-state index in [-0.39, 0.29) is 12.5 Å². The number of hydrogen-bond donors (Lipinski definition) is 2. The van der Waals surface area contributed by atoms with Crippen molar-refractivity contribution in [3.05, 3.63) is 35.8 Å². The maximum atomic E-state index is 11.9. The molecule has 1 saturated carbocycles. The maximum absolute atomic E-state index is 11.9. The van der Waals surface area contributed by atoms with Crippen LogP contribution in [0.15, 0.2) is 24.5 Å². The summed E-state index contributed by atoms with van der Waals surface area (Å²) in [6, 6.07) is 3.80. The van der Waals surface area contributed by atoms with E-state index in [1.54, 1.807) is 24.5 Å². The molecule has 1 aliphatic rings. The van der Waals surface area contributed by atoms with Crippen LogP contribution in [0.25, 0.3) is 10.9 Å². The van der Waals surface area contributed by atoms with Gasteiger partial charge in [0.05, 0.1) is 12.1 Å². The van der Waals surface area contributed by atoms with Crippen molar-refractivity contribution in [2.24, 2.45) is 0 Å². The Morgan fingerprint density at radius 1 is 1.39 bits per heavy atom. The first-order valence-corrected chi connectivity index (χ1v) is 5.93. The summed E-state index contributed by atoms with van der Waals surface area (Å²) in [6.45, 7) is -0.134. The van der Waals surface area contributed by atoms with E-state index in [2.05, 4.69) is 15.3 Å². The third-order valence-electron chi connectivity index (χ3n) is 2.99. The normalized spacial score (nSPS) is 14.7. The van der Waals surface area contributed by atoms with Crippen molar-refractivity contribution >= 4 is 16.8 Å². The number of nitrogens with zero attached hydrogens (tertiary/aromatic N) is 2. The quantitative estimate of drug-likeness (QED) is 0.843. The molecule has 1 aliphatic carbocycles. The molecule has 2 N–H and O–H groups in total. The standard InChI is InChI=1S/C13H13N3O2/c17-7-9-6-14-5-8-1-4-11(16-12(8)9)13(18)15-10-2-3-10/h1,4-6,10,17H,2-3,7H2,(H,15,18). The van der Waals surface area contributed by atoms with E-state index in [0.717, 1.165) is 18.2 Å². The molecule has 92 valence electrons. The zero-order valence-corrected chi connectivity index (χ0v) is 9.76. The number of carbonyl (C=O) groups is 1. The first kappa shape index (κ1) is 11.1. The summed E-state index contributed by atoms with van der Waals surface area (Å²) in [7, 11) is 0. The van der Waals surface area contributed by atoms with Crippen LogP contribution in [0.5, 0.6) is 0 Å². The molecule has 0 radical (unpaired) electrons. The predicted molar refractivity (Wildman–Crippen MR) is 65.9 cm³/mol. The number of aromatic nitrogens is 2. The van der Waals surface area contributed by atoms with Gasteiger partial charge in [-0.2, -0.15) is 0 Å². The van der Waals surface area contributed by atoms with Crippen LogP contribution in [0.4, 0.5) is 0 Å². The molecule has 5 nitrogen and oxygen atoms in total. The first-order chi connectivity index (χ1) is 8.78. The Morgan fingerprint density at radius 3 is 2.94 bits per heavy atom. The number of rotatable bonds is 3. The van der Waals surface area contributed by atoms with E-state index in [1.165, 1.54) is 0 Å². The number of nitrogens with one attached hydrogen (secondary N) is 1. The van der Waals surface area contributed by atoms with E-state index >= 15 is 0 Å². The summed E-state index contributed by atoms with van der Waals surface area (Å²) in [4.78, 5) is 20.2. The summed E-state index contributed by atoms with van der Waals surface area (Å²) in [5, 5.41) is 13.0. The Balaban J connectivity index is 2.00. The van der Waals surface area contributed by atoms with Crippen LogP contribution in [0, 0.1) is 0 Å². The molecule has 18 heavy (non-hydrogen) atoms. The van der Waals surface area contributed by atoms with Crippen molar-refractivity contribution in [2.45, 2.75) is 25.5 Å².